The molecule has 0 bridgehead atoms. The lowest BCUT2D eigenvalue weighted by atomic mass is 10.2. The van der Waals surface area contributed by atoms with Gasteiger partial charge in [-0.05, 0) is 19.9 Å². The van der Waals surface area contributed by atoms with Crippen molar-refractivity contribution in [3.05, 3.63) is 39.3 Å². The molecule has 0 aromatic carbocycles. The third kappa shape index (κ3) is 3.74. The Labute approximate surface area is 177 Å². The number of nitrogens with zero attached hydrogens (tertiary/aromatic N) is 7. The first kappa shape index (κ1) is 20.6. The Bertz CT molecular complexity index is 1160. The van der Waals surface area contributed by atoms with Gasteiger partial charge in [-0.25, -0.2) is 14.8 Å². The standard InChI is InChI=1S/C19H25N7O3S/c1-12-10-25(11-13(2)29-12)18-22-15-14(16(27)24(4)19(28)23(15)3)26(18)8-9-30-17-20-6-5-7-21-17/h5-7,12-13H,8-11H2,1-4H3. The van der Waals surface area contributed by atoms with Gasteiger partial charge < -0.3 is 14.2 Å². The molecule has 1 aliphatic heterocycles. The van der Waals surface area contributed by atoms with Gasteiger partial charge in [-0.1, -0.05) is 11.8 Å². The second-order valence-electron chi connectivity index (χ2n) is 7.48. The Morgan fingerprint density at radius 3 is 2.43 bits per heavy atom. The molecule has 4 rings (SSSR count). The predicted octanol–water partition coefficient (Wildman–Crippen LogP) is 0.630. The topological polar surface area (TPSA) is 100 Å². The van der Waals surface area contributed by atoms with E-state index in [0.29, 0.717) is 47.7 Å². The summed E-state index contributed by atoms with van der Waals surface area (Å²) in [6.45, 7) is 5.90. The maximum absolute atomic E-state index is 13.0. The Kier molecular flexibility index (Phi) is 5.65. The van der Waals surface area contributed by atoms with E-state index in [1.807, 2.05) is 18.4 Å². The summed E-state index contributed by atoms with van der Waals surface area (Å²) >= 11 is 1.51. The molecule has 0 aliphatic carbocycles. The monoisotopic (exact) mass is 431 g/mol. The number of hydrogen-bond donors (Lipinski definition) is 0. The number of imidazole rings is 1. The van der Waals surface area contributed by atoms with Crippen molar-refractivity contribution in [1.82, 2.24) is 28.7 Å². The normalized spacial score (nSPS) is 19.5. The number of thioether (sulfide) groups is 1. The Hall–Kier alpha value is -2.66. The number of aryl methyl sites for hydroxylation is 2. The highest BCUT2D eigenvalue weighted by atomic mass is 32.2. The van der Waals surface area contributed by atoms with E-state index in [1.165, 1.54) is 23.4 Å². The molecule has 1 saturated heterocycles. The van der Waals surface area contributed by atoms with Gasteiger partial charge in [0.05, 0.1) is 12.2 Å². The fourth-order valence-corrected chi connectivity index (χ4v) is 4.54. The van der Waals surface area contributed by atoms with Crippen LogP contribution < -0.4 is 16.1 Å². The minimum absolute atomic E-state index is 0.0424. The van der Waals surface area contributed by atoms with E-state index in [-0.39, 0.29) is 23.5 Å². The van der Waals surface area contributed by atoms with Crippen molar-refractivity contribution in [3.63, 3.8) is 0 Å². The molecule has 4 heterocycles. The van der Waals surface area contributed by atoms with Crippen LogP contribution in [0.25, 0.3) is 11.2 Å². The number of rotatable bonds is 5. The van der Waals surface area contributed by atoms with E-state index < -0.39 is 0 Å². The maximum atomic E-state index is 13.0. The first-order valence-electron chi connectivity index (χ1n) is 9.83. The molecule has 0 saturated carbocycles. The molecule has 3 aromatic rings. The van der Waals surface area contributed by atoms with Crippen LogP contribution in [0.1, 0.15) is 13.8 Å². The molecular weight excluding hydrogens is 406 g/mol. The number of ether oxygens (including phenoxy) is 1. The number of morpholine rings is 1. The number of hydrogen-bond acceptors (Lipinski definition) is 8. The van der Waals surface area contributed by atoms with E-state index in [4.69, 9.17) is 9.72 Å². The van der Waals surface area contributed by atoms with Gasteiger partial charge in [0, 0.05) is 51.9 Å². The first-order valence-corrected chi connectivity index (χ1v) is 10.8. The van der Waals surface area contributed by atoms with Gasteiger partial charge in [0.2, 0.25) is 5.95 Å². The Morgan fingerprint density at radius 2 is 1.77 bits per heavy atom. The van der Waals surface area contributed by atoms with Crippen LogP contribution in [0.15, 0.2) is 33.2 Å². The van der Waals surface area contributed by atoms with E-state index in [2.05, 4.69) is 14.9 Å². The summed E-state index contributed by atoms with van der Waals surface area (Å²) in [5.74, 6) is 1.34. The van der Waals surface area contributed by atoms with Crippen LogP contribution in [0, 0.1) is 0 Å². The molecule has 10 nitrogen and oxygen atoms in total. The van der Waals surface area contributed by atoms with Gasteiger partial charge in [-0.15, -0.1) is 0 Å². The molecule has 3 aromatic heterocycles. The average molecular weight is 432 g/mol. The van der Waals surface area contributed by atoms with Crippen LogP contribution in [0.4, 0.5) is 5.95 Å². The Morgan fingerprint density at radius 1 is 1.10 bits per heavy atom. The minimum Gasteiger partial charge on any atom is -0.372 e. The highest BCUT2D eigenvalue weighted by molar-refractivity contribution is 7.99. The molecule has 2 unspecified atom stereocenters. The summed E-state index contributed by atoms with van der Waals surface area (Å²) in [5.41, 5.74) is 0.0866. The summed E-state index contributed by atoms with van der Waals surface area (Å²) in [5, 5.41) is 0.678. The van der Waals surface area contributed by atoms with Crippen LogP contribution in [0.3, 0.4) is 0 Å². The van der Waals surface area contributed by atoms with E-state index in [9.17, 15) is 9.59 Å². The highest BCUT2D eigenvalue weighted by Crippen LogP contribution is 2.24. The van der Waals surface area contributed by atoms with Gasteiger partial charge in [0.15, 0.2) is 16.3 Å². The van der Waals surface area contributed by atoms with Crippen molar-refractivity contribution in [3.8, 4) is 0 Å². The van der Waals surface area contributed by atoms with E-state index >= 15 is 0 Å². The fourth-order valence-electron chi connectivity index (χ4n) is 3.82. The van der Waals surface area contributed by atoms with Gasteiger partial charge in [-0.3, -0.25) is 13.9 Å². The van der Waals surface area contributed by atoms with Crippen LogP contribution in [0.2, 0.25) is 0 Å². The summed E-state index contributed by atoms with van der Waals surface area (Å²) in [4.78, 5) is 40.8. The second kappa shape index (κ2) is 8.23. The summed E-state index contributed by atoms with van der Waals surface area (Å²) in [7, 11) is 3.13. The summed E-state index contributed by atoms with van der Waals surface area (Å²) in [6, 6.07) is 1.77. The van der Waals surface area contributed by atoms with E-state index in [0.717, 1.165) is 4.57 Å². The van der Waals surface area contributed by atoms with E-state index in [1.54, 1.807) is 25.5 Å². The largest absolute Gasteiger partial charge is 0.372 e. The van der Waals surface area contributed by atoms with Crippen molar-refractivity contribution < 1.29 is 4.74 Å². The van der Waals surface area contributed by atoms with Crippen LogP contribution in [-0.2, 0) is 25.4 Å². The van der Waals surface area contributed by atoms with Crippen LogP contribution in [0.5, 0.6) is 0 Å². The van der Waals surface area contributed by atoms with Crippen LogP contribution >= 0.6 is 11.8 Å². The molecule has 0 spiro atoms. The third-order valence-corrected chi connectivity index (χ3v) is 5.97. The third-order valence-electron chi connectivity index (χ3n) is 5.12. The molecule has 0 amide bonds. The molecule has 160 valence electrons. The Balaban J connectivity index is 1.78. The van der Waals surface area contributed by atoms with Crippen LogP contribution in [-0.4, -0.2) is 59.7 Å². The quantitative estimate of drug-likeness (QED) is 0.428. The zero-order valence-electron chi connectivity index (χ0n) is 17.5. The van der Waals surface area contributed by atoms with Gasteiger partial charge in [0.25, 0.3) is 5.56 Å². The lowest BCUT2D eigenvalue weighted by Gasteiger charge is -2.36. The molecule has 1 fully saturated rings. The summed E-state index contributed by atoms with van der Waals surface area (Å²) < 4.78 is 10.3. The lowest BCUT2D eigenvalue weighted by molar-refractivity contribution is -0.00586. The highest BCUT2D eigenvalue weighted by Gasteiger charge is 2.28. The molecule has 30 heavy (non-hydrogen) atoms. The first-order chi connectivity index (χ1) is 14.4. The lowest BCUT2D eigenvalue weighted by Crippen LogP contribution is -2.46. The minimum atomic E-state index is -0.389. The van der Waals surface area contributed by atoms with Crippen molar-refractivity contribution in [2.75, 3.05) is 23.7 Å². The maximum Gasteiger partial charge on any atom is 0.332 e. The molecule has 0 radical (unpaired) electrons. The van der Waals surface area contributed by atoms with Gasteiger partial charge in [0.1, 0.15) is 0 Å². The van der Waals surface area contributed by atoms with Crippen molar-refractivity contribution in [1.29, 1.82) is 0 Å². The second-order valence-corrected chi connectivity index (χ2v) is 8.55. The zero-order chi connectivity index (χ0) is 21.4. The molecule has 1 aliphatic rings. The van der Waals surface area contributed by atoms with Crippen molar-refractivity contribution in [2.45, 2.75) is 37.8 Å². The molecular formula is C19H25N7O3S. The van der Waals surface area contributed by atoms with Crippen molar-refractivity contribution >= 4 is 28.9 Å². The zero-order valence-corrected chi connectivity index (χ0v) is 18.3. The van der Waals surface area contributed by atoms with Gasteiger partial charge in [-0.2, -0.15) is 4.98 Å². The van der Waals surface area contributed by atoms with Crippen molar-refractivity contribution in [2.24, 2.45) is 14.1 Å². The number of fused-ring (bicyclic) bond motifs is 1. The smallest absolute Gasteiger partial charge is 0.332 e. The predicted molar refractivity (Wildman–Crippen MR) is 115 cm³/mol. The number of aromatic nitrogens is 6. The molecule has 2 atom stereocenters. The molecule has 0 N–H and O–H groups in total. The molecule has 11 heteroatoms. The van der Waals surface area contributed by atoms with Gasteiger partial charge >= 0.3 is 5.69 Å². The average Bonchev–Trinajstić information content (AvgIpc) is 3.10. The SMILES string of the molecule is CC1CN(c2nc3c(c(=O)n(C)c(=O)n3C)n2CCSc2ncccn2)CC(C)O1. The number of anilines is 1. The fraction of sp³-hybridized carbons (Fsp3) is 0.526. The summed E-state index contributed by atoms with van der Waals surface area (Å²) in [6.07, 6.45) is 3.49.